The van der Waals surface area contributed by atoms with Gasteiger partial charge in [-0.25, -0.2) is 4.79 Å². The summed E-state index contributed by atoms with van der Waals surface area (Å²) >= 11 is 3.34. The fourth-order valence-electron chi connectivity index (χ4n) is 1.90. The molecule has 0 spiro atoms. The summed E-state index contributed by atoms with van der Waals surface area (Å²) in [5.74, 6) is -0.584. The summed E-state index contributed by atoms with van der Waals surface area (Å²) in [4.78, 5) is 27.0. The maximum Gasteiger partial charge on any atom is 0.354 e. The van der Waals surface area contributed by atoms with E-state index in [-0.39, 0.29) is 5.78 Å². The second-order valence-corrected chi connectivity index (χ2v) is 5.20. The third-order valence-electron chi connectivity index (χ3n) is 2.84. The summed E-state index contributed by atoms with van der Waals surface area (Å²) in [6, 6.07) is 8.68. The second-order valence-electron chi connectivity index (χ2n) is 4.28. The fourth-order valence-corrected chi connectivity index (χ4v) is 2.30. The van der Waals surface area contributed by atoms with E-state index in [4.69, 9.17) is 4.74 Å². The molecule has 0 atom stereocenters. The number of carbonyl (C=O) groups is 2. The molecule has 0 bridgehead atoms. The molecule has 4 nitrogen and oxygen atoms in total. The van der Waals surface area contributed by atoms with Crippen molar-refractivity contribution in [1.82, 2.24) is 4.98 Å². The van der Waals surface area contributed by atoms with Gasteiger partial charge in [0.1, 0.15) is 5.69 Å². The number of hydrogen-bond donors (Lipinski definition) is 1. The number of aromatic nitrogens is 1. The lowest BCUT2D eigenvalue weighted by molar-refractivity contribution is 0.0520. The van der Waals surface area contributed by atoms with E-state index in [1.54, 1.807) is 32.0 Å². The number of ether oxygens (including phenoxy) is 1. The van der Waals surface area contributed by atoms with Crippen molar-refractivity contribution in [2.24, 2.45) is 0 Å². The lowest BCUT2D eigenvalue weighted by atomic mass is 10.0. The molecule has 1 aromatic heterocycles. The van der Waals surface area contributed by atoms with Crippen LogP contribution in [-0.2, 0) is 4.74 Å². The molecule has 0 amide bonds. The van der Waals surface area contributed by atoms with Crippen LogP contribution in [0.1, 0.15) is 39.0 Å². The summed E-state index contributed by atoms with van der Waals surface area (Å²) < 4.78 is 5.75. The van der Waals surface area contributed by atoms with E-state index < -0.39 is 5.97 Å². The molecule has 0 radical (unpaired) electrons. The highest BCUT2D eigenvalue weighted by atomic mass is 79.9. The average molecular weight is 336 g/mol. The molecule has 0 aliphatic heterocycles. The quantitative estimate of drug-likeness (QED) is 0.687. The van der Waals surface area contributed by atoms with Crippen molar-refractivity contribution in [3.05, 3.63) is 57.3 Å². The zero-order valence-corrected chi connectivity index (χ0v) is 12.8. The molecule has 0 aliphatic carbocycles. The van der Waals surface area contributed by atoms with Crippen molar-refractivity contribution >= 4 is 27.7 Å². The van der Waals surface area contributed by atoms with Crippen molar-refractivity contribution in [3.63, 3.8) is 0 Å². The van der Waals surface area contributed by atoms with Crippen LogP contribution in [0.4, 0.5) is 0 Å². The summed E-state index contributed by atoms with van der Waals surface area (Å²) in [6.45, 7) is 3.79. The molecule has 0 saturated heterocycles. The number of H-pyrrole nitrogens is 1. The van der Waals surface area contributed by atoms with Crippen molar-refractivity contribution < 1.29 is 14.3 Å². The average Bonchev–Trinajstić information content (AvgIpc) is 2.80. The Bertz CT molecular complexity index is 661. The standard InChI is InChI=1S/C15H14BrNO3/c1-3-20-15(19)13-8-12(9(2)17-13)14(18)10-5-4-6-11(16)7-10/h4-8,17H,3H2,1-2H3. The van der Waals surface area contributed by atoms with Gasteiger partial charge in [-0.2, -0.15) is 0 Å². The number of aromatic amines is 1. The van der Waals surface area contributed by atoms with Crippen LogP contribution in [0.15, 0.2) is 34.8 Å². The van der Waals surface area contributed by atoms with Gasteiger partial charge in [0.25, 0.3) is 0 Å². The minimum absolute atomic E-state index is 0.129. The molecule has 2 rings (SSSR count). The number of carbonyl (C=O) groups excluding carboxylic acids is 2. The molecule has 1 heterocycles. The number of halogens is 1. The number of esters is 1. The van der Waals surface area contributed by atoms with E-state index >= 15 is 0 Å². The van der Waals surface area contributed by atoms with E-state index in [0.717, 1.165) is 4.47 Å². The largest absolute Gasteiger partial charge is 0.461 e. The van der Waals surface area contributed by atoms with Crippen LogP contribution >= 0.6 is 15.9 Å². The first kappa shape index (κ1) is 14.5. The summed E-state index contributed by atoms with van der Waals surface area (Å²) in [5.41, 5.74) is 1.99. The molecular formula is C15H14BrNO3. The summed E-state index contributed by atoms with van der Waals surface area (Å²) in [6.07, 6.45) is 0. The molecule has 0 fully saturated rings. The molecule has 20 heavy (non-hydrogen) atoms. The molecule has 2 aromatic rings. The first-order valence-corrected chi connectivity index (χ1v) is 6.99. The van der Waals surface area contributed by atoms with Gasteiger partial charge in [0.15, 0.2) is 5.78 Å². The Morgan fingerprint density at radius 3 is 2.70 bits per heavy atom. The second kappa shape index (κ2) is 6.05. The third kappa shape index (κ3) is 2.99. The summed E-state index contributed by atoms with van der Waals surface area (Å²) in [5, 5.41) is 0. The Morgan fingerprint density at radius 1 is 1.30 bits per heavy atom. The molecule has 0 unspecified atom stereocenters. The van der Waals surface area contributed by atoms with Crippen LogP contribution in [0, 0.1) is 6.92 Å². The highest BCUT2D eigenvalue weighted by Gasteiger charge is 2.18. The van der Waals surface area contributed by atoms with Crippen molar-refractivity contribution in [2.45, 2.75) is 13.8 Å². The van der Waals surface area contributed by atoms with Crippen LogP contribution in [0.5, 0.6) is 0 Å². The van der Waals surface area contributed by atoms with Crippen molar-refractivity contribution in [1.29, 1.82) is 0 Å². The molecule has 5 heteroatoms. The van der Waals surface area contributed by atoms with Crippen molar-refractivity contribution in [2.75, 3.05) is 6.61 Å². The Hall–Kier alpha value is -1.88. The highest BCUT2D eigenvalue weighted by molar-refractivity contribution is 9.10. The SMILES string of the molecule is CCOC(=O)c1cc(C(=O)c2cccc(Br)c2)c(C)[nH]1. The van der Waals surface area contributed by atoms with Crippen molar-refractivity contribution in [3.8, 4) is 0 Å². The van der Waals surface area contributed by atoms with E-state index in [1.807, 2.05) is 6.07 Å². The zero-order valence-electron chi connectivity index (χ0n) is 11.2. The van der Waals surface area contributed by atoms with Gasteiger partial charge in [-0.1, -0.05) is 28.1 Å². The predicted molar refractivity (Wildman–Crippen MR) is 79.1 cm³/mol. The number of ketones is 1. The Balaban J connectivity index is 2.33. The number of nitrogens with one attached hydrogen (secondary N) is 1. The van der Waals surface area contributed by atoms with Gasteiger partial charge in [-0.15, -0.1) is 0 Å². The first-order valence-electron chi connectivity index (χ1n) is 6.20. The van der Waals surface area contributed by atoms with Gasteiger partial charge in [-0.05, 0) is 32.0 Å². The highest BCUT2D eigenvalue weighted by Crippen LogP contribution is 2.19. The minimum atomic E-state index is -0.455. The molecular weight excluding hydrogens is 322 g/mol. The van der Waals surface area contributed by atoms with E-state index in [2.05, 4.69) is 20.9 Å². The van der Waals surface area contributed by atoms with Gasteiger partial charge in [0.2, 0.25) is 0 Å². The lowest BCUT2D eigenvalue weighted by Crippen LogP contribution is -2.04. The lowest BCUT2D eigenvalue weighted by Gasteiger charge is -2.00. The molecule has 1 N–H and O–H groups in total. The van der Waals surface area contributed by atoms with E-state index in [0.29, 0.717) is 29.1 Å². The smallest absolute Gasteiger partial charge is 0.354 e. The van der Waals surface area contributed by atoms with Gasteiger partial charge >= 0.3 is 5.97 Å². The Labute approximate surface area is 125 Å². The summed E-state index contributed by atoms with van der Waals surface area (Å²) in [7, 11) is 0. The van der Waals surface area contributed by atoms with Crippen LogP contribution in [-0.4, -0.2) is 23.3 Å². The zero-order chi connectivity index (χ0) is 14.7. The maximum atomic E-state index is 12.4. The van der Waals surface area contributed by atoms with E-state index in [1.165, 1.54) is 6.07 Å². The number of hydrogen-bond acceptors (Lipinski definition) is 3. The molecule has 104 valence electrons. The number of benzene rings is 1. The molecule has 0 saturated carbocycles. The first-order chi connectivity index (χ1) is 9.52. The maximum absolute atomic E-state index is 12.4. The molecule has 0 aliphatic rings. The predicted octanol–water partition coefficient (Wildman–Crippen LogP) is 3.49. The van der Waals surface area contributed by atoms with Crippen LogP contribution in [0.3, 0.4) is 0 Å². The van der Waals surface area contributed by atoms with Gasteiger partial charge in [0.05, 0.1) is 6.61 Å². The van der Waals surface area contributed by atoms with Crippen LogP contribution in [0.25, 0.3) is 0 Å². The fraction of sp³-hybridized carbons (Fsp3) is 0.200. The normalized spacial score (nSPS) is 10.3. The third-order valence-corrected chi connectivity index (χ3v) is 3.33. The van der Waals surface area contributed by atoms with Gasteiger partial charge in [0, 0.05) is 21.3 Å². The topological polar surface area (TPSA) is 59.2 Å². The molecule has 1 aromatic carbocycles. The van der Waals surface area contributed by atoms with Gasteiger partial charge < -0.3 is 9.72 Å². The Morgan fingerprint density at radius 2 is 2.05 bits per heavy atom. The monoisotopic (exact) mass is 335 g/mol. The van der Waals surface area contributed by atoms with Crippen LogP contribution in [0.2, 0.25) is 0 Å². The van der Waals surface area contributed by atoms with Gasteiger partial charge in [-0.3, -0.25) is 4.79 Å². The number of rotatable bonds is 4. The Kier molecular flexibility index (Phi) is 4.39. The van der Waals surface area contributed by atoms with Crippen LogP contribution < -0.4 is 0 Å². The number of aryl methyl sites for hydroxylation is 1. The minimum Gasteiger partial charge on any atom is -0.461 e. The van der Waals surface area contributed by atoms with E-state index in [9.17, 15) is 9.59 Å².